The molecule has 3 nitrogen and oxygen atoms in total. The van der Waals surface area contributed by atoms with Crippen molar-refractivity contribution in [2.75, 3.05) is 0 Å². The van der Waals surface area contributed by atoms with Crippen molar-refractivity contribution in [1.82, 2.24) is 0 Å². The molecule has 1 saturated heterocycles. The van der Waals surface area contributed by atoms with Gasteiger partial charge in [0.25, 0.3) is 4.93 Å². The molecule has 0 aliphatic carbocycles. The highest BCUT2D eigenvalue weighted by atomic mass is 32.2. The van der Waals surface area contributed by atoms with Gasteiger partial charge < -0.3 is 4.74 Å². The van der Waals surface area contributed by atoms with Gasteiger partial charge in [-0.25, -0.2) is 8.42 Å². The highest BCUT2D eigenvalue weighted by Crippen LogP contribution is 2.44. The molecule has 1 heterocycles. The maximum absolute atomic E-state index is 13.1. The number of benzene rings is 2. The van der Waals surface area contributed by atoms with Gasteiger partial charge in [-0.2, -0.15) is 0 Å². The molecular formula is C22H20O3S. The molecule has 0 N–H and O–H groups in total. The number of ether oxygens (including phenoxy) is 1. The molecule has 2 aromatic carbocycles. The number of hydrogen-bond acceptors (Lipinski definition) is 3. The lowest BCUT2D eigenvalue weighted by Gasteiger charge is -2.07. The quantitative estimate of drug-likeness (QED) is 0.471. The molecule has 3 rings (SSSR count). The Hall–Kier alpha value is -2.53. The average molecular weight is 364 g/mol. The van der Waals surface area contributed by atoms with Gasteiger partial charge in [0, 0.05) is 12.0 Å². The molecule has 0 spiro atoms. The molecule has 1 fully saturated rings. The minimum Gasteiger partial charge on any atom is -0.324 e. The van der Waals surface area contributed by atoms with Crippen molar-refractivity contribution in [2.24, 2.45) is 0 Å². The smallest absolute Gasteiger partial charge is 0.274 e. The molecule has 132 valence electrons. The summed E-state index contributed by atoms with van der Waals surface area (Å²) in [6.45, 7) is 2.09. The fraction of sp³-hybridized carbons (Fsp3) is 0.273. The number of rotatable bonds is 4. The lowest BCUT2D eigenvalue weighted by atomic mass is 10.2. The topological polar surface area (TPSA) is 46.7 Å². The van der Waals surface area contributed by atoms with Crippen molar-refractivity contribution < 1.29 is 13.2 Å². The molecule has 2 atom stereocenters. The van der Waals surface area contributed by atoms with E-state index in [1.807, 2.05) is 30.3 Å². The van der Waals surface area contributed by atoms with E-state index in [-0.39, 0.29) is 4.90 Å². The Morgan fingerprint density at radius 1 is 1.04 bits per heavy atom. The third kappa shape index (κ3) is 3.68. The number of epoxide rings is 1. The highest BCUT2D eigenvalue weighted by molar-refractivity contribution is 7.93. The van der Waals surface area contributed by atoms with Crippen LogP contribution in [0.4, 0.5) is 0 Å². The van der Waals surface area contributed by atoms with Crippen LogP contribution in [0.1, 0.15) is 31.7 Å². The SMILES string of the molecule is CCCCC#C[C@H]1O[C@]1(C#Cc1ccccc1)S(=O)(=O)c1ccccc1. The zero-order valence-electron chi connectivity index (χ0n) is 14.6. The van der Waals surface area contributed by atoms with Gasteiger partial charge in [-0.1, -0.05) is 61.6 Å². The van der Waals surface area contributed by atoms with E-state index >= 15 is 0 Å². The van der Waals surface area contributed by atoms with Crippen molar-refractivity contribution in [2.45, 2.75) is 42.1 Å². The van der Waals surface area contributed by atoms with Crippen LogP contribution in [0.3, 0.4) is 0 Å². The molecule has 4 heteroatoms. The van der Waals surface area contributed by atoms with E-state index in [9.17, 15) is 8.42 Å². The molecule has 1 aliphatic heterocycles. The standard InChI is InChI=1S/C22H20O3S/c1-2-3-4-11-16-21-22(25-21,18-17-19-12-7-5-8-13-19)26(23,24)20-14-9-6-10-15-20/h5-10,12-15,21H,2-4H2,1H3/t21-,22-/m1/s1. The Bertz CT molecular complexity index is 974. The van der Waals surface area contributed by atoms with Crippen LogP contribution < -0.4 is 0 Å². The predicted molar refractivity (Wildman–Crippen MR) is 102 cm³/mol. The molecule has 0 amide bonds. The minimum absolute atomic E-state index is 0.195. The first kappa shape index (κ1) is 18.3. The molecule has 1 aliphatic rings. The third-order valence-electron chi connectivity index (χ3n) is 4.08. The molecule has 0 aromatic heterocycles. The molecule has 0 radical (unpaired) electrons. The largest absolute Gasteiger partial charge is 0.324 e. The Morgan fingerprint density at radius 3 is 2.35 bits per heavy atom. The van der Waals surface area contributed by atoms with Gasteiger partial charge in [-0.05, 0) is 36.6 Å². The summed E-state index contributed by atoms with van der Waals surface area (Å²) in [5, 5.41) is 0. The van der Waals surface area contributed by atoms with Gasteiger partial charge in [-0.15, -0.1) is 5.92 Å². The van der Waals surface area contributed by atoms with E-state index in [4.69, 9.17) is 4.74 Å². The molecule has 0 saturated carbocycles. The first-order valence-corrected chi connectivity index (χ1v) is 10.1. The van der Waals surface area contributed by atoms with Crippen LogP contribution in [0.15, 0.2) is 65.6 Å². The van der Waals surface area contributed by atoms with Gasteiger partial charge in [0.1, 0.15) is 0 Å². The summed E-state index contributed by atoms with van der Waals surface area (Å²) in [5.41, 5.74) is 0.739. The molecule has 2 aromatic rings. The third-order valence-corrected chi connectivity index (χ3v) is 6.18. The number of unbranched alkanes of at least 4 members (excludes halogenated alkanes) is 2. The summed E-state index contributed by atoms with van der Waals surface area (Å²) in [6, 6.07) is 17.5. The Balaban J connectivity index is 1.96. The fourth-order valence-electron chi connectivity index (χ4n) is 2.52. The zero-order chi connectivity index (χ0) is 18.5. The van der Waals surface area contributed by atoms with Gasteiger partial charge in [-0.3, -0.25) is 0 Å². The second-order valence-corrected chi connectivity index (χ2v) is 8.11. The maximum Gasteiger partial charge on any atom is 0.274 e. The van der Waals surface area contributed by atoms with Gasteiger partial charge in [0.2, 0.25) is 9.84 Å². The second-order valence-electron chi connectivity index (χ2n) is 6.02. The van der Waals surface area contributed by atoms with Crippen molar-refractivity contribution in [3.63, 3.8) is 0 Å². The van der Waals surface area contributed by atoms with Gasteiger partial charge in [0.15, 0.2) is 6.10 Å². The van der Waals surface area contributed by atoms with Crippen LogP contribution in [0.5, 0.6) is 0 Å². The average Bonchev–Trinajstić information content (AvgIpc) is 3.40. The molecule has 0 unspecified atom stereocenters. The van der Waals surface area contributed by atoms with Crippen LogP contribution >= 0.6 is 0 Å². The lowest BCUT2D eigenvalue weighted by Crippen LogP contribution is -2.26. The fourth-order valence-corrected chi connectivity index (χ4v) is 4.13. The molecule has 0 bridgehead atoms. The van der Waals surface area contributed by atoms with E-state index in [1.54, 1.807) is 30.3 Å². The summed E-state index contributed by atoms with van der Waals surface area (Å²) in [6.07, 6.45) is 2.03. The number of sulfone groups is 1. The van der Waals surface area contributed by atoms with Crippen molar-refractivity contribution in [3.05, 3.63) is 66.2 Å². The van der Waals surface area contributed by atoms with Crippen molar-refractivity contribution in [1.29, 1.82) is 0 Å². The molecule has 26 heavy (non-hydrogen) atoms. The minimum atomic E-state index is -3.79. The Morgan fingerprint density at radius 2 is 1.69 bits per heavy atom. The second kappa shape index (κ2) is 7.79. The van der Waals surface area contributed by atoms with Crippen LogP contribution in [0.25, 0.3) is 0 Å². The van der Waals surface area contributed by atoms with E-state index in [1.165, 1.54) is 0 Å². The van der Waals surface area contributed by atoms with Crippen molar-refractivity contribution >= 4 is 9.84 Å². The maximum atomic E-state index is 13.1. The lowest BCUT2D eigenvalue weighted by molar-refractivity contribution is 0.393. The van der Waals surface area contributed by atoms with Crippen LogP contribution in [-0.2, 0) is 14.6 Å². The first-order chi connectivity index (χ1) is 12.6. The first-order valence-electron chi connectivity index (χ1n) is 8.64. The predicted octanol–water partition coefficient (Wildman–Crippen LogP) is 3.80. The van der Waals surface area contributed by atoms with E-state index in [0.29, 0.717) is 0 Å². The van der Waals surface area contributed by atoms with E-state index in [2.05, 4.69) is 30.6 Å². The summed E-state index contributed by atoms with van der Waals surface area (Å²) >= 11 is 0. The Labute approximate surface area is 155 Å². The van der Waals surface area contributed by atoms with Crippen LogP contribution in [0.2, 0.25) is 0 Å². The summed E-state index contributed by atoms with van der Waals surface area (Å²) in [5.74, 6) is 11.7. The highest BCUT2D eigenvalue weighted by Gasteiger charge is 2.66. The van der Waals surface area contributed by atoms with E-state index < -0.39 is 20.9 Å². The van der Waals surface area contributed by atoms with Crippen molar-refractivity contribution in [3.8, 4) is 23.7 Å². The summed E-state index contributed by atoms with van der Waals surface area (Å²) in [4.78, 5) is -1.40. The van der Waals surface area contributed by atoms with Gasteiger partial charge in [0.05, 0.1) is 4.90 Å². The zero-order valence-corrected chi connectivity index (χ0v) is 15.4. The number of hydrogen-bond donors (Lipinski definition) is 0. The summed E-state index contributed by atoms with van der Waals surface area (Å²) in [7, 11) is -3.79. The molecular weight excluding hydrogens is 344 g/mol. The summed E-state index contributed by atoms with van der Waals surface area (Å²) < 4.78 is 31.9. The van der Waals surface area contributed by atoms with Gasteiger partial charge >= 0.3 is 0 Å². The monoisotopic (exact) mass is 364 g/mol. The van der Waals surface area contributed by atoms with Crippen LogP contribution in [-0.4, -0.2) is 19.5 Å². The normalized spacial score (nSPS) is 21.0. The Kier molecular flexibility index (Phi) is 5.47. The van der Waals surface area contributed by atoms with E-state index in [0.717, 1.165) is 24.8 Å². The van der Waals surface area contributed by atoms with Crippen LogP contribution in [0, 0.1) is 23.7 Å².